The summed E-state index contributed by atoms with van der Waals surface area (Å²) in [6, 6.07) is 1.84. The van der Waals surface area contributed by atoms with Crippen molar-refractivity contribution in [1.29, 1.82) is 0 Å². The normalized spacial score (nSPS) is 47.5. The van der Waals surface area contributed by atoms with Crippen molar-refractivity contribution in [2.24, 2.45) is 16.7 Å². The summed E-state index contributed by atoms with van der Waals surface area (Å²) in [4.78, 5) is 12.6. The van der Waals surface area contributed by atoms with Gasteiger partial charge in [-0.15, -0.1) is 0 Å². The maximum Gasteiger partial charge on any atom is 0.312 e. The zero-order valence-electron chi connectivity index (χ0n) is 15.4. The van der Waals surface area contributed by atoms with Crippen LogP contribution in [0.4, 0.5) is 0 Å². The molecule has 1 saturated heterocycles. The highest BCUT2D eigenvalue weighted by atomic mass is 16.6. The Labute approximate surface area is 153 Å². The molecule has 1 aliphatic heterocycles. The first-order chi connectivity index (χ1) is 12.2. The van der Waals surface area contributed by atoms with Gasteiger partial charge in [-0.05, 0) is 44.2 Å². The third kappa shape index (κ3) is 2.06. The van der Waals surface area contributed by atoms with E-state index in [9.17, 15) is 20.1 Å². The van der Waals surface area contributed by atoms with Crippen LogP contribution in [-0.2, 0) is 16.0 Å². The molecule has 6 nitrogen and oxygen atoms in total. The van der Waals surface area contributed by atoms with Crippen molar-refractivity contribution in [3.8, 4) is 0 Å². The number of carbonyl (C=O) groups is 1. The van der Waals surface area contributed by atoms with Crippen LogP contribution in [0.5, 0.6) is 0 Å². The third-order valence-corrected chi connectivity index (χ3v) is 7.73. The first-order valence-corrected chi connectivity index (χ1v) is 9.48. The predicted molar refractivity (Wildman–Crippen MR) is 92.1 cm³/mol. The summed E-state index contributed by atoms with van der Waals surface area (Å²) < 4.78 is 10.8. The largest absolute Gasteiger partial charge is 0.472 e. The second kappa shape index (κ2) is 5.57. The molecule has 0 radical (unpaired) electrons. The number of ether oxygens (including phenoxy) is 1. The van der Waals surface area contributed by atoms with Crippen molar-refractivity contribution in [3.05, 3.63) is 24.2 Å². The summed E-state index contributed by atoms with van der Waals surface area (Å²) >= 11 is 0. The van der Waals surface area contributed by atoms with Gasteiger partial charge in [0.15, 0.2) is 0 Å². The SMILES string of the molecule is CC12CCCC3(C)C1C(CC(O)(CO)C3(O)CCc1ccoc1)OC2=O. The molecule has 3 fully saturated rings. The lowest BCUT2D eigenvalue weighted by atomic mass is 9.42. The molecule has 26 heavy (non-hydrogen) atoms. The average molecular weight is 364 g/mol. The summed E-state index contributed by atoms with van der Waals surface area (Å²) in [6.07, 6.45) is 5.81. The van der Waals surface area contributed by atoms with Gasteiger partial charge in [0.25, 0.3) is 0 Å². The van der Waals surface area contributed by atoms with Gasteiger partial charge < -0.3 is 24.5 Å². The molecule has 1 aromatic rings. The maximum absolute atomic E-state index is 12.6. The van der Waals surface area contributed by atoms with Crippen LogP contribution >= 0.6 is 0 Å². The van der Waals surface area contributed by atoms with Crippen LogP contribution in [0.1, 0.15) is 51.5 Å². The molecule has 1 aromatic heterocycles. The van der Waals surface area contributed by atoms with E-state index in [0.29, 0.717) is 12.8 Å². The van der Waals surface area contributed by atoms with Crippen LogP contribution in [0.2, 0.25) is 0 Å². The molecule has 144 valence electrons. The lowest BCUT2D eigenvalue weighted by molar-refractivity contribution is -0.295. The van der Waals surface area contributed by atoms with E-state index in [1.165, 1.54) is 0 Å². The minimum atomic E-state index is -1.71. The Morgan fingerprint density at radius 3 is 2.69 bits per heavy atom. The number of furan rings is 1. The van der Waals surface area contributed by atoms with E-state index in [1.807, 2.05) is 19.9 Å². The average Bonchev–Trinajstić information content (AvgIpc) is 3.19. The molecular formula is C20H28O6. The van der Waals surface area contributed by atoms with Crippen molar-refractivity contribution in [2.45, 2.75) is 69.7 Å². The Kier molecular flexibility index (Phi) is 3.86. The van der Waals surface area contributed by atoms with Crippen molar-refractivity contribution >= 4 is 5.97 Å². The van der Waals surface area contributed by atoms with Gasteiger partial charge in [0, 0.05) is 17.8 Å². The summed E-state index contributed by atoms with van der Waals surface area (Å²) in [5.74, 6) is -0.407. The summed E-state index contributed by atoms with van der Waals surface area (Å²) in [6.45, 7) is 3.32. The highest BCUT2D eigenvalue weighted by molar-refractivity contribution is 5.80. The number of aliphatic hydroxyl groups excluding tert-OH is 1. The number of hydrogen-bond donors (Lipinski definition) is 3. The fraction of sp³-hybridized carbons (Fsp3) is 0.750. The number of rotatable bonds is 4. The fourth-order valence-electron chi connectivity index (χ4n) is 6.36. The molecule has 2 heterocycles. The van der Waals surface area contributed by atoms with Crippen LogP contribution in [0.15, 0.2) is 23.0 Å². The number of esters is 1. The topological polar surface area (TPSA) is 100 Å². The van der Waals surface area contributed by atoms with Crippen molar-refractivity contribution < 1.29 is 29.3 Å². The monoisotopic (exact) mass is 364 g/mol. The van der Waals surface area contributed by atoms with Crippen LogP contribution in [-0.4, -0.2) is 45.2 Å². The zero-order chi connectivity index (χ0) is 18.8. The smallest absolute Gasteiger partial charge is 0.312 e. The van der Waals surface area contributed by atoms with Crippen LogP contribution < -0.4 is 0 Å². The van der Waals surface area contributed by atoms with Gasteiger partial charge >= 0.3 is 5.97 Å². The van der Waals surface area contributed by atoms with E-state index in [2.05, 4.69) is 0 Å². The lowest BCUT2D eigenvalue weighted by Gasteiger charge is -2.64. The van der Waals surface area contributed by atoms with E-state index < -0.39 is 34.7 Å². The van der Waals surface area contributed by atoms with Gasteiger partial charge in [-0.25, -0.2) is 0 Å². The highest BCUT2D eigenvalue weighted by Crippen LogP contribution is 2.67. The molecule has 0 spiro atoms. The van der Waals surface area contributed by atoms with Crippen LogP contribution in [0, 0.1) is 16.7 Å². The number of aliphatic hydroxyl groups is 3. The number of aryl methyl sites for hydroxylation is 1. The lowest BCUT2D eigenvalue weighted by Crippen LogP contribution is -2.74. The fourth-order valence-corrected chi connectivity index (χ4v) is 6.36. The minimum absolute atomic E-state index is 0.0625. The van der Waals surface area contributed by atoms with E-state index in [4.69, 9.17) is 9.15 Å². The molecule has 4 rings (SSSR count). The van der Waals surface area contributed by atoms with Crippen molar-refractivity contribution in [3.63, 3.8) is 0 Å². The van der Waals surface area contributed by atoms with E-state index in [0.717, 1.165) is 18.4 Å². The maximum atomic E-state index is 12.6. The Balaban J connectivity index is 1.78. The summed E-state index contributed by atoms with van der Waals surface area (Å²) in [5.41, 5.74) is -3.67. The zero-order valence-corrected chi connectivity index (χ0v) is 15.4. The predicted octanol–water partition coefficient (Wildman–Crippen LogP) is 1.81. The molecule has 0 aromatic carbocycles. The number of carbonyl (C=O) groups excluding carboxylic acids is 1. The highest BCUT2D eigenvalue weighted by Gasteiger charge is 2.75. The van der Waals surface area contributed by atoms with E-state index in [1.54, 1.807) is 12.5 Å². The van der Waals surface area contributed by atoms with Crippen molar-refractivity contribution in [1.82, 2.24) is 0 Å². The van der Waals surface area contributed by atoms with Crippen LogP contribution in [0.25, 0.3) is 0 Å². The Bertz CT molecular complexity index is 701. The van der Waals surface area contributed by atoms with E-state index >= 15 is 0 Å². The van der Waals surface area contributed by atoms with Gasteiger partial charge in [-0.3, -0.25) is 4.79 Å². The summed E-state index contributed by atoms with van der Waals surface area (Å²) in [5, 5.41) is 33.2. The van der Waals surface area contributed by atoms with Gasteiger partial charge in [-0.2, -0.15) is 0 Å². The quantitative estimate of drug-likeness (QED) is 0.705. The second-order valence-electron chi connectivity index (χ2n) is 9.00. The standard InChI is InChI=1S/C20H28O6/c1-17-6-3-7-18(2)15(17)14(26-16(17)22)10-19(23,12-21)20(18,24)8-4-13-5-9-25-11-13/h5,9,11,14-15,21,23-24H,3-4,6-8,10,12H2,1-2H3. The Morgan fingerprint density at radius 1 is 1.27 bits per heavy atom. The van der Waals surface area contributed by atoms with Crippen LogP contribution in [0.3, 0.4) is 0 Å². The molecule has 2 aliphatic carbocycles. The first kappa shape index (κ1) is 18.0. The Morgan fingerprint density at radius 2 is 2.04 bits per heavy atom. The summed E-state index contributed by atoms with van der Waals surface area (Å²) in [7, 11) is 0. The van der Waals surface area contributed by atoms with Gasteiger partial charge in [0.05, 0.1) is 24.5 Å². The molecule has 0 amide bonds. The number of hydrogen-bond acceptors (Lipinski definition) is 6. The van der Waals surface area contributed by atoms with Gasteiger partial charge in [0.2, 0.25) is 0 Å². The van der Waals surface area contributed by atoms with Gasteiger partial charge in [-0.1, -0.05) is 13.3 Å². The molecule has 6 unspecified atom stereocenters. The molecule has 6 atom stereocenters. The molecule has 3 N–H and O–H groups in total. The van der Waals surface area contributed by atoms with Gasteiger partial charge in [0.1, 0.15) is 17.3 Å². The molecule has 6 heteroatoms. The Hall–Kier alpha value is -1.37. The van der Waals surface area contributed by atoms with E-state index in [-0.39, 0.29) is 24.7 Å². The molecular weight excluding hydrogens is 336 g/mol. The molecule has 0 bridgehead atoms. The van der Waals surface area contributed by atoms with Crippen molar-refractivity contribution in [2.75, 3.05) is 6.61 Å². The third-order valence-electron chi connectivity index (χ3n) is 7.73. The molecule has 2 saturated carbocycles. The first-order valence-electron chi connectivity index (χ1n) is 9.48. The second-order valence-corrected chi connectivity index (χ2v) is 9.00. The minimum Gasteiger partial charge on any atom is -0.472 e. The molecule has 3 aliphatic rings.